The summed E-state index contributed by atoms with van der Waals surface area (Å²) < 4.78 is 0. The Morgan fingerprint density at radius 2 is 1.90 bits per heavy atom. The Morgan fingerprint density at radius 1 is 1.07 bits per heavy atom. The van der Waals surface area contributed by atoms with Crippen molar-refractivity contribution in [3.8, 4) is 0 Å². The predicted octanol–water partition coefficient (Wildman–Crippen LogP) is 5.90. The summed E-state index contributed by atoms with van der Waals surface area (Å²) in [5.74, 6) is -0.103. The number of para-hydroxylation sites is 1. The number of benzene rings is 2. The summed E-state index contributed by atoms with van der Waals surface area (Å²) in [6, 6.07) is 17.5. The number of hydrogen-bond acceptors (Lipinski definition) is 4. The molecule has 29 heavy (non-hydrogen) atoms. The first-order valence-corrected chi connectivity index (χ1v) is 10.8. The number of amides is 1. The second-order valence-electron chi connectivity index (χ2n) is 6.68. The van der Waals surface area contributed by atoms with E-state index in [0.717, 1.165) is 39.6 Å². The molecule has 2 heterocycles. The number of rotatable bonds is 5. The van der Waals surface area contributed by atoms with Crippen LogP contribution < -0.4 is 5.32 Å². The third-order valence-corrected chi connectivity index (χ3v) is 5.96. The lowest BCUT2D eigenvalue weighted by Gasteiger charge is -2.10. The van der Waals surface area contributed by atoms with Gasteiger partial charge in [0.2, 0.25) is 0 Å². The summed E-state index contributed by atoms with van der Waals surface area (Å²) in [4.78, 5) is 24.3. The molecule has 0 aliphatic carbocycles. The van der Waals surface area contributed by atoms with Gasteiger partial charge in [-0.25, -0.2) is 4.99 Å². The lowest BCUT2D eigenvalue weighted by atomic mass is 10.1. The van der Waals surface area contributed by atoms with Crippen LogP contribution in [0.15, 0.2) is 75.6 Å². The number of aromatic nitrogens is 1. The molecular weight excluding hydrogens is 402 g/mol. The van der Waals surface area contributed by atoms with E-state index in [9.17, 15) is 4.79 Å². The standard InChI is InChI=1S/C23H20ClN3OS/c1-2-3-13-25-23(28)17-8-6-10-20-22(17)27-21(18-12-11-15(24)14-26-18)16-7-4-5-9-19(16)29-20/h4-12,14H,2-3,13H2,1H3,(H,25,28). The average Bonchev–Trinajstić information content (AvgIpc) is 2.91. The van der Waals surface area contributed by atoms with Gasteiger partial charge in [0.15, 0.2) is 0 Å². The van der Waals surface area contributed by atoms with Crippen LogP contribution in [-0.4, -0.2) is 23.1 Å². The van der Waals surface area contributed by atoms with E-state index in [-0.39, 0.29) is 5.91 Å². The second kappa shape index (κ2) is 8.80. The number of nitrogens with one attached hydrogen (secondary N) is 1. The second-order valence-corrected chi connectivity index (χ2v) is 8.20. The van der Waals surface area contributed by atoms with Gasteiger partial charge in [0, 0.05) is 28.1 Å². The summed E-state index contributed by atoms with van der Waals surface area (Å²) in [6.45, 7) is 2.76. The molecule has 1 N–H and O–H groups in total. The van der Waals surface area contributed by atoms with Crippen molar-refractivity contribution in [3.63, 3.8) is 0 Å². The molecule has 1 aromatic heterocycles. The van der Waals surface area contributed by atoms with Gasteiger partial charge < -0.3 is 5.32 Å². The summed E-state index contributed by atoms with van der Waals surface area (Å²) in [7, 11) is 0. The number of carbonyl (C=O) groups excluding carboxylic acids is 1. The monoisotopic (exact) mass is 421 g/mol. The topological polar surface area (TPSA) is 54.4 Å². The Kier molecular flexibility index (Phi) is 5.97. The van der Waals surface area contributed by atoms with Crippen molar-refractivity contribution < 1.29 is 4.79 Å². The van der Waals surface area contributed by atoms with Crippen LogP contribution in [0.5, 0.6) is 0 Å². The molecule has 0 fully saturated rings. The van der Waals surface area contributed by atoms with Crippen molar-refractivity contribution in [3.05, 3.63) is 82.6 Å². The molecule has 3 aromatic rings. The van der Waals surface area contributed by atoms with E-state index in [1.165, 1.54) is 0 Å². The maximum absolute atomic E-state index is 12.8. The Morgan fingerprint density at radius 3 is 2.69 bits per heavy atom. The predicted molar refractivity (Wildman–Crippen MR) is 119 cm³/mol. The van der Waals surface area contributed by atoms with Crippen molar-refractivity contribution in [1.82, 2.24) is 10.3 Å². The summed E-state index contributed by atoms with van der Waals surface area (Å²) in [5, 5.41) is 3.57. The summed E-state index contributed by atoms with van der Waals surface area (Å²) >= 11 is 7.65. The van der Waals surface area contributed by atoms with Crippen LogP contribution in [0.25, 0.3) is 0 Å². The molecule has 1 amide bonds. The fourth-order valence-corrected chi connectivity index (χ4v) is 4.30. The van der Waals surface area contributed by atoms with Crippen LogP contribution in [-0.2, 0) is 0 Å². The number of pyridine rings is 1. The van der Waals surface area contributed by atoms with Gasteiger partial charge in [-0.2, -0.15) is 0 Å². The molecular formula is C23H20ClN3OS. The minimum absolute atomic E-state index is 0.103. The molecule has 1 aliphatic rings. The average molecular weight is 422 g/mol. The third kappa shape index (κ3) is 4.21. The first-order chi connectivity index (χ1) is 14.2. The van der Waals surface area contributed by atoms with E-state index < -0.39 is 0 Å². The highest BCUT2D eigenvalue weighted by molar-refractivity contribution is 7.99. The lowest BCUT2D eigenvalue weighted by Crippen LogP contribution is -2.24. The Bertz CT molecular complexity index is 1080. The Balaban J connectivity index is 1.86. The number of nitrogens with zero attached hydrogens (tertiary/aromatic N) is 2. The highest BCUT2D eigenvalue weighted by atomic mass is 35.5. The smallest absolute Gasteiger partial charge is 0.253 e. The SMILES string of the molecule is CCCCNC(=O)c1cccc2c1N=C(c1ccc(Cl)cn1)c1ccccc1S2. The van der Waals surface area contributed by atoms with E-state index in [4.69, 9.17) is 16.6 Å². The molecule has 1 aliphatic heterocycles. The van der Waals surface area contributed by atoms with Gasteiger partial charge in [0.05, 0.1) is 27.7 Å². The van der Waals surface area contributed by atoms with Crippen LogP contribution in [0.2, 0.25) is 5.02 Å². The minimum atomic E-state index is -0.103. The van der Waals surface area contributed by atoms with Crippen LogP contribution in [0, 0.1) is 0 Å². The van der Waals surface area contributed by atoms with Crippen molar-refractivity contribution in [2.45, 2.75) is 29.6 Å². The molecule has 0 bridgehead atoms. The zero-order valence-corrected chi connectivity index (χ0v) is 17.6. The number of carbonyl (C=O) groups is 1. The van der Waals surface area contributed by atoms with Gasteiger partial charge in [-0.1, -0.05) is 61.0 Å². The van der Waals surface area contributed by atoms with Gasteiger partial charge in [0.25, 0.3) is 5.91 Å². The molecule has 0 saturated heterocycles. The fraction of sp³-hybridized carbons (Fsp3) is 0.174. The number of hydrogen-bond donors (Lipinski definition) is 1. The fourth-order valence-electron chi connectivity index (χ4n) is 3.13. The summed E-state index contributed by atoms with van der Waals surface area (Å²) in [6.07, 6.45) is 3.59. The van der Waals surface area contributed by atoms with Crippen LogP contribution in [0.1, 0.15) is 41.4 Å². The number of aliphatic imine (C=N–C) groups is 1. The van der Waals surface area contributed by atoms with Crippen LogP contribution in [0.3, 0.4) is 0 Å². The van der Waals surface area contributed by atoms with Crippen molar-refractivity contribution in [2.75, 3.05) is 6.54 Å². The van der Waals surface area contributed by atoms with E-state index in [2.05, 4.69) is 23.3 Å². The van der Waals surface area contributed by atoms with Gasteiger partial charge in [0.1, 0.15) is 0 Å². The van der Waals surface area contributed by atoms with Gasteiger partial charge in [-0.15, -0.1) is 0 Å². The highest BCUT2D eigenvalue weighted by Gasteiger charge is 2.23. The molecule has 0 unspecified atom stereocenters. The van der Waals surface area contributed by atoms with Gasteiger partial charge >= 0.3 is 0 Å². The molecule has 146 valence electrons. The lowest BCUT2D eigenvalue weighted by molar-refractivity contribution is 0.0953. The first-order valence-electron chi connectivity index (χ1n) is 9.56. The van der Waals surface area contributed by atoms with E-state index >= 15 is 0 Å². The molecule has 0 saturated carbocycles. The molecule has 6 heteroatoms. The summed E-state index contributed by atoms with van der Waals surface area (Å²) in [5.41, 5.74) is 3.69. The van der Waals surface area contributed by atoms with Crippen molar-refractivity contribution in [1.29, 1.82) is 0 Å². The van der Waals surface area contributed by atoms with Crippen LogP contribution in [0.4, 0.5) is 5.69 Å². The zero-order valence-electron chi connectivity index (χ0n) is 16.0. The van der Waals surface area contributed by atoms with Crippen molar-refractivity contribution in [2.24, 2.45) is 4.99 Å². The molecule has 4 rings (SSSR count). The van der Waals surface area contributed by atoms with Gasteiger partial charge in [-0.05, 0) is 36.8 Å². The highest BCUT2D eigenvalue weighted by Crippen LogP contribution is 2.42. The normalized spacial score (nSPS) is 12.4. The minimum Gasteiger partial charge on any atom is -0.352 e. The quantitative estimate of drug-likeness (QED) is 0.408. The largest absolute Gasteiger partial charge is 0.352 e. The van der Waals surface area contributed by atoms with E-state index in [0.29, 0.717) is 22.8 Å². The molecule has 4 nitrogen and oxygen atoms in total. The molecule has 0 spiro atoms. The van der Waals surface area contributed by atoms with E-state index in [1.807, 2.05) is 42.5 Å². The molecule has 2 aromatic carbocycles. The third-order valence-electron chi connectivity index (χ3n) is 4.62. The Hall–Kier alpha value is -2.63. The van der Waals surface area contributed by atoms with Crippen molar-refractivity contribution >= 4 is 40.7 Å². The number of fused-ring (bicyclic) bond motifs is 2. The maximum atomic E-state index is 12.8. The molecule has 0 radical (unpaired) electrons. The van der Waals surface area contributed by atoms with E-state index in [1.54, 1.807) is 24.0 Å². The first kappa shape index (κ1) is 19.7. The molecule has 0 atom stereocenters. The zero-order chi connectivity index (χ0) is 20.2. The van der Waals surface area contributed by atoms with Crippen LogP contribution >= 0.6 is 23.4 Å². The number of halogens is 1. The Labute approximate surface area is 179 Å². The number of unbranched alkanes of at least 4 members (excludes halogenated alkanes) is 1. The van der Waals surface area contributed by atoms with Gasteiger partial charge in [-0.3, -0.25) is 9.78 Å². The maximum Gasteiger partial charge on any atom is 0.253 e.